The molecule has 0 saturated heterocycles. The lowest BCUT2D eigenvalue weighted by atomic mass is 9.89. The average Bonchev–Trinajstić information content (AvgIpc) is 2.33. The molecule has 0 aliphatic heterocycles. The molecular weight excluding hydrogens is 297 g/mol. The summed E-state index contributed by atoms with van der Waals surface area (Å²) < 4.78 is 13.8. The van der Waals surface area contributed by atoms with Crippen molar-refractivity contribution in [2.45, 2.75) is 33.2 Å². The Morgan fingerprint density at radius 2 is 2.11 bits per heavy atom. The zero-order valence-electron chi connectivity index (χ0n) is 11.0. The molecule has 0 aliphatic rings. The first-order chi connectivity index (χ1) is 8.44. The first kappa shape index (κ1) is 15.6. The lowest BCUT2D eigenvalue weighted by Gasteiger charge is -2.21. The zero-order valence-corrected chi connectivity index (χ0v) is 12.6. The van der Waals surface area contributed by atoms with E-state index in [0.29, 0.717) is 11.0 Å². The summed E-state index contributed by atoms with van der Waals surface area (Å²) in [6.07, 6.45) is 1.98. The second-order valence-electron chi connectivity index (χ2n) is 5.35. The number of halogens is 2. The normalized spacial score (nSPS) is 11.8. The molecule has 0 atom stereocenters. The Balaban J connectivity index is 2.24. The van der Waals surface area contributed by atoms with Crippen molar-refractivity contribution in [1.82, 2.24) is 5.32 Å². The van der Waals surface area contributed by atoms with Gasteiger partial charge < -0.3 is 10.4 Å². The van der Waals surface area contributed by atoms with Crippen LogP contribution in [0.4, 0.5) is 4.39 Å². The van der Waals surface area contributed by atoms with Gasteiger partial charge in [-0.3, -0.25) is 0 Å². The molecular formula is C14H21BrFNO. The van der Waals surface area contributed by atoms with Gasteiger partial charge in [-0.1, -0.05) is 19.9 Å². The maximum atomic E-state index is 13.3. The molecule has 0 radical (unpaired) electrons. The lowest BCUT2D eigenvalue weighted by molar-refractivity contribution is 0.148. The van der Waals surface area contributed by atoms with Gasteiger partial charge in [-0.05, 0) is 58.4 Å². The van der Waals surface area contributed by atoms with Crippen molar-refractivity contribution in [3.63, 3.8) is 0 Å². The van der Waals surface area contributed by atoms with Crippen molar-refractivity contribution in [2.24, 2.45) is 5.41 Å². The van der Waals surface area contributed by atoms with Gasteiger partial charge in [0.1, 0.15) is 5.82 Å². The summed E-state index contributed by atoms with van der Waals surface area (Å²) in [6.45, 7) is 5.87. The fourth-order valence-corrected chi connectivity index (χ4v) is 1.90. The summed E-state index contributed by atoms with van der Waals surface area (Å²) in [5.74, 6) is -0.226. The molecule has 0 bridgehead atoms. The van der Waals surface area contributed by atoms with Gasteiger partial charge in [0.25, 0.3) is 0 Å². The average molecular weight is 318 g/mol. The van der Waals surface area contributed by atoms with Crippen LogP contribution >= 0.6 is 15.9 Å². The molecule has 0 fully saturated rings. The van der Waals surface area contributed by atoms with Crippen LogP contribution in [0.2, 0.25) is 0 Å². The van der Waals surface area contributed by atoms with Gasteiger partial charge in [-0.15, -0.1) is 0 Å². The van der Waals surface area contributed by atoms with Gasteiger partial charge in [0.15, 0.2) is 0 Å². The van der Waals surface area contributed by atoms with Crippen LogP contribution in [-0.2, 0) is 6.54 Å². The minimum absolute atomic E-state index is 0.00853. The molecule has 102 valence electrons. The van der Waals surface area contributed by atoms with E-state index in [-0.39, 0.29) is 17.8 Å². The SMILES string of the molecule is CC(C)(CO)CCCNCc1ccc(Br)c(F)c1. The number of hydrogen-bond acceptors (Lipinski definition) is 2. The standard InChI is InChI=1S/C14H21BrFNO/c1-14(2,10-18)6-3-7-17-9-11-4-5-12(15)13(16)8-11/h4-5,8,17-18H,3,6-7,9-10H2,1-2H3. The molecule has 0 aromatic heterocycles. The molecule has 0 unspecified atom stereocenters. The van der Waals surface area contributed by atoms with E-state index in [1.54, 1.807) is 6.07 Å². The Labute approximate surface area is 117 Å². The van der Waals surface area contributed by atoms with Gasteiger partial charge in [0.05, 0.1) is 4.47 Å². The number of benzene rings is 1. The number of aliphatic hydroxyl groups is 1. The molecule has 1 rings (SSSR count). The summed E-state index contributed by atoms with van der Waals surface area (Å²) in [5, 5.41) is 12.4. The fourth-order valence-electron chi connectivity index (χ4n) is 1.65. The highest BCUT2D eigenvalue weighted by molar-refractivity contribution is 9.10. The third-order valence-electron chi connectivity index (χ3n) is 2.95. The molecule has 18 heavy (non-hydrogen) atoms. The predicted molar refractivity (Wildman–Crippen MR) is 75.9 cm³/mol. The van der Waals surface area contributed by atoms with E-state index in [2.05, 4.69) is 35.1 Å². The molecule has 0 amide bonds. The molecule has 2 N–H and O–H groups in total. The maximum Gasteiger partial charge on any atom is 0.137 e. The summed E-state index contributed by atoms with van der Waals surface area (Å²) in [5.41, 5.74) is 0.933. The quantitative estimate of drug-likeness (QED) is 0.755. The molecule has 4 heteroatoms. The predicted octanol–water partition coefficient (Wildman–Crippen LogP) is 3.48. The topological polar surface area (TPSA) is 32.3 Å². The van der Waals surface area contributed by atoms with Gasteiger partial charge in [0.2, 0.25) is 0 Å². The van der Waals surface area contributed by atoms with Gasteiger partial charge >= 0.3 is 0 Å². The Morgan fingerprint density at radius 1 is 1.39 bits per heavy atom. The lowest BCUT2D eigenvalue weighted by Crippen LogP contribution is -2.20. The Morgan fingerprint density at radius 3 is 2.72 bits per heavy atom. The molecule has 1 aromatic rings. The van der Waals surface area contributed by atoms with Crippen LogP contribution in [0.3, 0.4) is 0 Å². The minimum Gasteiger partial charge on any atom is -0.396 e. The molecule has 0 spiro atoms. The number of aliphatic hydroxyl groups excluding tert-OH is 1. The van der Waals surface area contributed by atoms with E-state index in [9.17, 15) is 4.39 Å². The summed E-state index contributed by atoms with van der Waals surface area (Å²) in [4.78, 5) is 0. The number of hydrogen-bond donors (Lipinski definition) is 2. The molecule has 0 heterocycles. The Kier molecular flexibility index (Phi) is 6.26. The highest BCUT2D eigenvalue weighted by Crippen LogP contribution is 2.20. The zero-order chi connectivity index (χ0) is 13.6. The van der Waals surface area contributed by atoms with Crippen LogP contribution in [0, 0.1) is 11.2 Å². The van der Waals surface area contributed by atoms with Crippen LogP contribution in [0.25, 0.3) is 0 Å². The van der Waals surface area contributed by atoms with Gasteiger partial charge in [-0.2, -0.15) is 0 Å². The molecule has 1 aromatic carbocycles. The monoisotopic (exact) mass is 317 g/mol. The van der Waals surface area contributed by atoms with Crippen molar-refractivity contribution in [3.05, 3.63) is 34.1 Å². The van der Waals surface area contributed by atoms with E-state index in [4.69, 9.17) is 5.11 Å². The van der Waals surface area contributed by atoms with E-state index in [1.807, 2.05) is 6.07 Å². The van der Waals surface area contributed by atoms with E-state index < -0.39 is 0 Å². The minimum atomic E-state index is -0.226. The smallest absolute Gasteiger partial charge is 0.137 e. The van der Waals surface area contributed by atoms with Crippen LogP contribution < -0.4 is 5.32 Å². The number of nitrogens with one attached hydrogen (secondary N) is 1. The summed E-state index contributed by atoms with van der Waals surface area (Å²) in [7, 11) is 0. The second kappa shape index (κ2) is 7.22. The van der Waals surface area contributed by atoms with Crippen molar-refractivity contribution in [1.29, 1.82) is 0 Å². The highest BCUT2D eigenvalue weighted by Gasteiger charge is 2.15. The van der Waals surface area contributed by atoms with Gasteiger partial charge in [0, 0.05) is 13.2 Å². The van der Waals surface area contributed by atoms with Crippen LogP contribution in [0.5, 0.6) is 0 Å². The largest absolute Gasteiger partial charge is 0.396 e. The van der Waals surface area contributed by atoms with E-state index in [0.717, 1.165) is 24.9 Å². The highest BCUT2D eigenvalue weighted by atomic mass is 79.9. The third kappa shape index (κ3) is 5.46. The van der Waals surface area contributed by atoms with Crippen molar-refractivity contribution >= 4 is 15.9 Å². The van der Waals surface area contributed by atoms with Gasteiger partial charge in [-0.25, -0.2) is 4.39 Å². The fraction of sp³-hybridized carbons (Fsp3) is 0.571. The maximum absolute atomic E-state index is 13.3. The Hall–Kier alpha value is -0.450. The first-order valence-corrected chi connectivity index (χ1v) is 6.99. The summed E-state index contributed by atoms with van der Waals surface area (Å²) in [6, 6.07) is 5.16. The second-order valence-corrected chi connectivity index (χ2v) is 6.21. The van der Waals surface area contributed by atoms with Crippen LogP contribution in [0.1, 0.15) is 32.3 Å². The van der Waals surface area contributed by atoms with Crippen LogP contribution in [-0.4, -0.2) is 18.3 Å². The van der Waals surface area contributed by atoms with Crippen molar-refractivity contribution in [2.75, 3.05) is 13.2 Å². The molecule has 0 saturated carbocycles. The molecule has 2 nitrogen and oxygen atoms in total. The van der Waals surface area contributed by atoms with Crippen LogP contribution in [0.15, 0.2) is 22.7 Å². The van der Waals surface area contributed by atoms with Crippen molar-refractivity contribution < 1.29 is 9.50 Å². The van der Waals surface area contributed by atoms with E-state index in [1.165, 1.54) is 6.07 Å². The van der Waals surface area contributed by atoms with Crippen molar-refractivity contribution in [3.8, 4) is 0 Å². The summed E-state index contributed by atoms with van der Waals surface area (Å²) >= 11 is 3.13. The third-order valence-corrected chi connectivity index (χ3v) is 3.59. The Bertz CT molecular complexity index is 382. The first-order valence-electron chi connectivity index (χ1n) is 6.20. The molecule has 0 aliphatic carbocycles. The number of rotatable bonds is 7. The van der Waals surface area contributed by atoms with E-state index >= 15 is 0 Å².